The number of ether oxygens (including phenoxy) is 4. The molecule has 1 saturated heterocycles. The number of hydrogen-bond acceptors (Lipinski definition) is 11. The van der Waals surface area contributed by atoms with Crippen LogP contribution >= 0.6 is 0 Å². The van der Waals surface area contributed by atoms with Gasteiger partial charge in [-0.05, 0) is 51.4 Å². The zero-order valence-corrected chi connectivity index (χ0v) is 42.6. The molecule has 66 heavy (non-hydrogen) atoms. The fourth-order valence-electron chi connectivity index (χ4n) is 8.21. The van der Waals surface area contributed by atoms with Crippen molar-refractivity contribution in [3.8, 4) is 0 Å². The van der Waals surface area contributed by atoms with Crippen molar-refractivity contribution in [2.75, 3.05) is 26.4 Å². The molecule has 6 unspecified atom stereocenters. The fraction of sp³-hybridized carbons (Fsp3) is 0.868. The molecule has 0 aromatic carbocycles. The van der Waals surface area contributed by atoms with E-state index in [1.54, 1.807) is 0 Å². The summed E-state index contributed by atoms with van der Waals surface area (Å²) in [6.07, 6.45) is 44.6. The molecule has 0 amide bonds. The molecule has 0 aromatic rings. The summed E-state index contributed by atoms with van der Waals surface area (Å²) in [5.41, 5.74) is 0. The van der Waals surface area contributed by atoms with Gasteiger partial charge in [-0.25, -0.2) is 4.18 Å². The van der Waals surface area contributed by atoms with Crippen LogP contribution in [0.4, 0.5) is 0 Å². The smallest absolute Gasteiger partial charge is 0.397 e. The van der Waals surface area contributed by atoms with Crippen LogP contribution in [0, 0.1) is 0 Å². The molecule has 1 aliphatic rings. The van der Waals surface area contributed by atoms with Gasteiger partial charge in [0.05, 0.1) is 19.8 Å². The lowest BCUT2D eigenvalue weighted by atomic mass is 9.99. The minimum Gasteiger partial charge on any atom is -0.457 e. The Morgan fingerprint density at radius 2 is 1.00 bits per heavy atom. The molecule has 1 heterocycles. The number of carbonyl (C=O) groups is 1. The van der Waals surface area contributed by atoms with Crippen molar-refractivity contribution < 1.29 is 56.2 Å². The van der Waals surface area contributed by atoms with Crippen molar-refractivity contribution >= 4 is 16.4 Å². The molecular formula is C53H98O12S. The largest absolute Gasteiger partial charge is 0.457 e. The molecule has 1 rings (SSSR count). The molecule has 4 N–H and O–H groups in total. The zero-order chi connectivity index (χ0) is 48.2. The van der Waals surface area contributed by atoms with Crippen molar-refractivity contribution in [1.82, 2.24) is 0 Å². The molecule has 0 radical (unpaired) electrons. The van der Waals surface area contributed by atoms with E-state index >= 15 is 0 Å². The third-order valence-electron chi connectivity index (χ3n) is 12.3. The first-order chi connectivity index (χ1) is 32.1. The highest BCUT2D eigenvalue weighted by Gasteiger charge is 2.48. The highest BCUT2D eigenvalue weighted by Crippen LogP contribution is 2.26. The van der Waals surface area contributed by atoms with Crippen LogP contribution in [-0.4, -0.2) is 97.5 Å². The number of allylic oxidation sites excluding steroid dienone is 6. The highest BCUT2D eigenvalue weighted by atomic mass is 32.3. The van der Waals surface area contributed by atoms with Crippen LogP contribution in [0.2, 0.25) is 0 Å². The standard InChI is InChI=1S/C53H98O12S/c1-3-5-7-9-11-13-15-17-19-20-21-22-23-24-25-26-27-28-29-30-32-34-36-38-40-42-49(55)63-47(45-61-43-41-39-37-35-33-31-18-16-14-12-10-8-6-4-2)46-62-53-51(57)52(65-66(58,59)60)50(56)48(44-54)64-53/h15,17,20-21,23-24,47-48,50-54,56-57H,3-14,16,18-19,22,25-46H2,1-2H3,(H,58,59,60)/b17-15-,21-20-,24-23-. The number of esters is 1. The first kappa shape index (κ1) is 62.3. The van der Waals surface area contributed by atoms with Crippen LogP contribution in [0.15, 0.2) is 36.5 Å². The second kappa shape index (κ2) is 44.5. The van der Waals surface area contributed by atoms with Gasteiger partial charge in [0, 0.05) is 13.0 Å². The van der Waals surface area contributed by atoms with Crippen LogP contribution in [0.1, 0.15) is 232 Å². The maximum atomic E-state index is 12.9. The Kier molecular flexibility index (Phi) is 42.1. The van der Waals surface area contributed by atoms with E-state index in [1.165, 1.54) is 148 Å². The quantitative estimate of drug-likeness (QED) is 0.0197. The van der Waals surface area contributed by atoms with E-state index in [-0.39, 0.29) is 19.6 Å². The van der Waals surface area contributed by atoms with Gasteiger partial charge in [-0.1, -0.05) is 211 Å². The Morgan fingerprint density at radius 1 is 0.576 bits per heavy atom. The molecule has 1 aliphatic heterocycles. The Morgan fingerprint density at radius 3 is 1.45 bits per heavy atom. The SMILES string of the molecule is CCCCCCC/C=C\C/C=C\C/C=C\CCCCCCCCCCCCC(=O)OC(COCCCCCCCCCCCCCCCC)COC1OC(CO)C(O)C(OS(=O)(=O)O)C1O. The second-order valence-corrected chi connectivity index (χ2v) is 19.5. The molecular weight excluding hydrogens is 861 g/mol. The lowest BCUT2D eigenvalue weighted by Gasteiger charge is -2.41. The molecule has 12 nitrogen and oxygen atoms in total. The monoisotopic (exact) mass is 959 g/mol. The lowest BCUT2D eigenvalue weighted by Crippen LogP contribution is -2.60. The Labute approximate surface area is 403 Å². The predicted molar refractivity (Wildman–Crippen MR) is 267 cm³/mol. The normalized spacial score (nSPS) is 19.8. The lowest BCUT2D eigenvalue weighted by molar-refractivity contribution is -0.301. The second-order valence-electron chi connectivity index (χ2n) is 18.5. The number of aliphatic hydroxyl groups is 3. The van der Waals surface area contributed by atoms with Crippen LogP contribution in [0.5, 0.6) is 0 Å². The van der Waals surface area contributed by atoms with Crippen LogP contribution in [0.3, 0.4) is 0 Å². The van der Waals surface area contributed by atoms with Crippen LogP contribution < -0.4 is 0 Å². The topological polar surface area (TPSA) is 178 Å². The molecule has 0 aliphatic carbocycles. The van der Waals surface area contributed by atoms with Crippen molar-refractivity contribution in [2.45, 2.75) is 269 Å². The third-order valence-corrected chi connectivity index (χ3v) is 12.7. The number of hydrogen-bond donors (Lipinski definition) is 4. The fourth-order valence-corrected chi connectivity index (χ4v) is 8.72. The molecule has 388 valence electrons. The van der Waals surface area contributed by atoms with Gasteiger partial charge in [0.2, 0.25) is 0 Å². The minimum atomic E-state index is -5.06. The van der Waals surface area contributed by atoms with E-state index in [0.29, 0.717) is 13.0 Å². The molecule has 1 fully saturated rings. The third kappa shape index (κ3) is 37.2. The van der Waals surface area contributed by atoms with Crippen molar-refractivity contribution in [3.05, 3.63) is 36.5 Å². The number of aliphatic hydroxyl groups excluding tert-OH is 3. The van der Waals surface area contributed by atoms with Gasteiger partial charge in [-0.15, -0.1) is 0 Å². The van der Waals surface area contributed by atoms with Crippen molar-refractivity contribution in [3.63, 3.8) is 0 Å². The molecule has 0 aromatic heterocycles. The maximum Gasteiger partial charge on any atom is 0.397 e. The summed E-state index contributed by atoms with van der Waals surface area (Å²) in [5.74, 6) is -0.400. The van der Waals surface area contributed by atoms with Gasteiger partial charge in [0.1, 0.15) is 30.5 Å². The Hall–Kier alpha value is -1.68. The molecule has 6 atom stereocenters. The van der Waals surface area contributed by atoms with Gasteiger partial charge in [-0.2, -0.15) is 8.42 Å². The van der Waals surface area contributed by atoms with Crippen molar-refractivity contribution in [2.24, 2.45) is 0 Å². The summed E-state index contributed by atoms with van der Waals surface area (Å²) in [5, 5.41) is 30.8. The van der Waals surface area contributed by atoms with E-state index in [4.69, 9.17) is 18.9 Å². The van der Waals surface area contributed by atoms with E-state index in [2.05, 4.69) is 54.5 Å². The van der Waals surface area contributed by atoms with Gasteiger partial charge >= 0.3 is 16.4 Å². The summed E-state index contributed by atoms with van der Waals surface area (Å²) in [4.78, 5) is 12.9. The van der Waals surface area contributed by atoms with Gasteiger partial charge in [0.15, 0.2) is 6.29 Å². The highest BCUT2D eigenvalue weighted by molar-refractivity contribution is 7.80. The summed E-state index contributed by atoms with van der Waals surface area (Å²) in [6.45, 7) is 4.01. The number of rotatable bonds is 47. The van der Waals surface area contributed by atoms with Crippen LogP contribution in [0.25, 0.3) is 0 Å². The Balaban J connectivity index is 2.31. The molecule has 0 spiro atoms. The van der Waals surface area contributed by atoms with Crippen LogP contribution in [-0.2, 0) is 38.3 Å². The van der Waals surface area contributed by atoms with E-state index in [1.807, 2.05) is 0 Å². The summed E-state index contributed by atoms with van der Waals surface area (Å²) in [7, 11) is -5.06. The predicted octanol–water partition coefficient (Wildman–Crippen LogP) is 12.5. The molecule has 13 heteroatoms. The minimum absolute atomic E-state index is 0.0376. The van der Waals surface area contributed by atoms with E-state index in [0.717, 1.165) is 57.8 Å². The van der Waals surface area contributed by atoms with Crippen molar-refractivity contribution in [1.29, 1.82) is 0 Å². The summed E-state index contributed by atoms with van der Waals surface area (Å²) >= 11 is 0. The number of carbonyl (C=O) groups excluding carboxylic acids is 1. The van der Waals surface area contributed by atoms with Gasteiger partial charge in [-0.3, -0.25) is 9.35 Å². The molecule has 0 bridgehead atoms. The zero-order valence-electron chi connectivity index (χ0n) is 41.8. The average molecular weight is 959 g/mol. The van der Waals surface area contributed by atoms with Gasteiger partial charge in [0.25, 0.3) is 0 Å². The first-order valence-electron chi connectivity index (χ1n) is 26.7. The first-order valence-corrected chi connectivity index (χ1v) is 28.1. The Bertz CT molecular complexity index is 1290. The molecule has 0 saturated carbocycles. The number of unbranched alkanes of at least 4 members (excludes halogenated alkanes) is 28. The summed E-state index contributed by atoms with van der Waals surface area (Å²) in [6, 6.07) is 0. The van der Waals surface area contributed by atoms with E-state index < -0.39 is 59.8 Å². The average Bonchev–Trinajstić information content (AvgIpc) is 3.29. The van der Waals surface area contributed by atoms with E-state index in [9.17, 15) is 33.1 Å². The summed E-state index contributed by atoms with van der Waals surface area (Å²) < 4.78 is 59.3. The van der Waals surface area contributed by atoms with Gasteiger partial charge < -0.3 is 34.3 Å². The maximum absolute atomic E-state index is 12.9.